The van der Waals surface area contributed by atoms with Crippen molar-refractivity contribution in [3.63, 3.8) is 0 Å². The fourth-order valence-corrected chi connectivity index (χ4v) is 1.78. The van der Waals surface area contributed by atoms with Gasteiger partial charge in [0.25, 0.3) is 0 Å². The number of aromatic nitrogens is 1. The topological polar surface area (TPSA) is 22.1 Å². The summed E-state index contributed by atoms with van der Waals surface area (Å²) >= 11 is 0. The number of pyridine rings is 1. The molecule has 0 aliphatic heterocycles. The summed E-state index contributed by atoms with van der Waals surface area (Å²) in [7, 11) is 0. The Hall–Kier alpha value is -1.83. The van der Waals surface area contributed by atoms with Crippen LogP contribution in [0.3, 0.4) is 0 Å². The molecule has 0 saturated heterocycles. The van der Waals surface area contributed by atoms with E-state index in [0.717, 1.165) is 23.4 Å². The van der Waals surface area contributed by atoms with Gasteiger partial charge in [0.05, 0.1) is 11.8 Å². The first-order chi connectivity index (χ1) is 8.69. The molecule has 1 aromatic heterocycles. The normalized spacial score (nSPS) is 10.7. The van der Waals surface area contributed by atoms with Crippen molar-refractivity contribution < 1.29 is 4.74 Å². The van der Waals surface area contributed by atoms with E-state index >= 15 is 0 Å². The zero-order chi connectivity index (χ0) is 13.0. The molecular weight excluding hydrogens is 222 g/mol. The van der Waals surface area contributed by atoms with Gasteiger partial charge in [-0.1, -0.05) is 13.0 Å². The molecule has 18 heavy (non-hydrogen) atoms. The lowest BCUT2D eigenvalue weighted by Gasteiger charge is -2.10. The summed E-state index contributed by atoms with van der Waals surface area (Å²) < 4.78 is 5.62. The van der Waals surface area contributed by atoms with Crippen LogP contribution >= 0.6 is 0 Å². The van der Waals surface area contributed by atoms with Gasteiger partial charge in [-0.25, -0.2) is 0 Å². The van der Waals surface area contributed by atoms with Crippen molar-refractivity contribution in [1.82, 2.24) is 4.98 Å². The molecule has 1 heterocycles. The van der Waals surface area contributed by atoms with Gasteiger partial charge in [0.2, 0.25) is 0 Å². The van der Waals surface area contributed by atoms with E-state index in [1.807, 2.05) is 44.3 Å². The molecular formula is C16H19NO. The van der Waals surface area contributed by atoms with E-state index in [1.165, 1.54) is 5.56 Å². The third-order valence-electron chi connectivity index (χ3n) is 2.75. The lowest BCUT2D eigenvalue weighted by molar-refractivity contribution is 0.242. The highest BCUT2D eigenvalue weighted by Crippen LogP contribution is 2.21. The molecule has 0 radical (unpaired) electrons. The molecule has 0 saturated carbocycles. The Bertz CT molecular complexity index is 486. The quantitative estimate of drug-likeness (QED) is 0.804. The molecule has 0 unspecified atom stereocenters. The Morgan fingerprint density at radius 3 is 2.28 bits per heavy atom. The third kappa shape index (κ3) is 3.10. The van der Waals surface area contributed by atoms with Crippen LogP contribution in [-0.4, -0.2) is 11.1 Å². The van der Waals surface area contributed by atoms with Crippen molar-refractivity contribution in [2.24, 2.45) is 0 Å². The lowest BCUT2D eigenvalue weighted by Crippen LogP contribution is -2.05. The molecule has 2 aromatic rings. The van der Waals surface area contributed by atoms with E-state index in [2.05, 4.69) is 24.0 Å². The summed E-state index contributed by atoms with van der Waals surface area (Å²) in [6.45, 7) is 6.19. The van der Waals surface area contributed by atoms with Crippen molar-refractivity contribution in [3.05, 3.63) is 48.2 Å². The van der Waals surface area contributed by atoms with Crippen LogP contribution < -0.4 is 4.74 Å². The van der Waals surface area contributed by atoms with Crippen LogP contribution in [0.25, 0.3) is 11.3 Å². The Labute approximate surface area is 109 Å². The van der Waals surface area contributed by atoms with Crippen LogP contribution in [0.1, 0.15) is 26.3 Å². The van der Waals surface area contributed by atoms with E-state index < -0.39 is 0 Å². The van der Waals surface area contributed by atoms with Gasteiger partial charge in [-0.15, -0.1) is 0 Å². The minimum atomic E-state index is 0.206. The number of aryl methyl sites for hydroxylation is 1. The predicted octanol–water partition coefficient (Wildman–Crippen LogP) is 4.10. The first-order valence-corrected chi connectivity index (χ1v) is 6.41. The molecule has 0 aliphatic rings. The maximum Gasteiger partial charge on any atom is 0.119 e. The summed E-state index contributed by atoms with van der Waals surface area (Å²) in [5.41, 5.74) is 3.38. The van der Waals surface area contributed by atoms with Crippen molar-refractivity contribution in [2.75, 3.05) is 0 Å². The van der Waals surface area contributed by atoms with Gasteiger partial charge in [-0.2, -0.15) is 0 Å². The number of rotatable bonds is 4. The van der Waals surface area contributed by atoms with Gasteiger partial charge in [0, 0.05) is 11.8 Å². The average Bonchev–Trinajstić information content (AvgIpc) is 2.39. The van der Waals surface area contributed by atoms with Crippen molar-refractivity contribution >= 4 is 0 Å². The van der Waals surface area contributed by atoms with E-state index in [-0.39, 0.29) is 6.10 Å². The Morgan fingerprint density at radius 1 is 1.06 bits per heavy atom. The molecule has 0 aliphatic carbocycles. The minimum Gasteiger partial charge on any atom is -0.491 e. The number of benzene rings is 1. The van der Waals surface area contributed by atoms with Gasteiger partial charge in [-0.3, -0.25) is 4.98 Å². The number of hydrogen-bond acceptors (Lipinski definition) is 2. The molecule has 0 amide bonds. The Balaban J connectivity index is 2.17. The number of hydrogen-bond donors (Lipinski definition) is 0. The second-order valence-corrected chi connectivity index (χ2v) is 4.60. The van der Waals surface area contributed by atoms with E-state index in [9.17, 15) is 0 Å². The molecule has 94 valence electrons. The molecule has 1 aromatic carbocycles. The van der Waals surface area contributed by atoms with E-state index in [1.54, 1.807) is 0 Å². The molecule has 2 heteroatoms. The average molecular weight is 241 g/mol. The highest BCUT2D eigenvalue weighted by atomic mass is 16.5. The maximum absolute atomic E-state index is 5.62. The fraction of sp³-hybridized carbons (Fsp3) is 0.312. The first-order valence-electron chi connectivity index (χ1n) is 6.41. The summed E-state index contributed by atoms with van der Waals surface area (Å²) in [4.78, 5) is 4.47. The van der Waals surface area contributed by atoms with Crippen molar-refractivity contribution in [1.29, 1.82) is 0 Å². The molecule has 2 rings (SSSR count). The van der Waals surface area contributed by atoms with E-state index in [4.69, 9.17) is 4.74 Å². The summed E-state index contributed by atoms with van der Waals surface area (Å²) in [6, 6.07) is 12.3. The zero-order valence-corrected chi connectivity index (χ0v) is 11.2. The van der Waals surface area contributed by atoms with Gasteiger partial charge in [0.1, 0.15) is 5.75 Å². The molecule has 2 nitrogen and oxygen atoms in total. The van der Waals surface area contributed by atoms with Crippen LogP contribution in [0.5, 0.6) is 5.75 Å². The lowest BCUT2D eigenvalue weighted by atomic mass is 10.1. The maximum atomic E-state index is 5.62. The Morgan fingerprint density at radius 2 is 1.78 bits per heavy atom. The summed E-state index contributed by atoms with van der Waals surface area (Å²) in [6.07, 6.45) is 3.17. The largest absolute Gasteiger partial charge is 0.491 e. The number of nitrogens with zero attached hydrogens (tertiary/aromatic N) is 1. The second-order valence-electron chi connectivity index (χ2n) is 4.60. The Kier molecular flexibility index (Phi) is 3.98. The van der Waals surface area contributed by atoms with Crippen LogP contribution in [0, 0.1) is 0 Å². The third-order valence-corrected chi connectivity index (χ3v) is 2.75. The number of ether oxygens (including phenoxy) is 1. The van der Waals surface area contributed by atoms with E-state index in [0.29, 0.717) is 0 Å². The van der Waals surface area contributed by atoms with Gasteiger partial charge < -0.3 is 4.74 Å². The molecule has 0 spiro atoms. The monoisotopic (exact) mass is 241 g/mol. The smallest absolute Gasteiger partial charge is 0.119 e. The molecule has 0 fully saturated rings. The van der Waals surface area contributed by atoms with Crippen molar-refractivity contribution in [2.45, 2.75) is 33.3 Å². The second kappa shape index (κ2) is 5.67. The van der Waals surface area contributed by atoms with Crippen molar-refractivity contribution in [3.8, 4) is 17.0 Å². The SMILES string of the molecule is CCc1ccc(-c2ccc(OC(C)C)cc2)nc1. The molecule has 0 bridgehead atoms. The summed E-state index contributed by atoms with van der Waals surface area (Å²) in [5.74, 6) is 0.902. The van der Waals surface area contributed by atoms with Crippen LogP contribution in [0.15, 0.2) is 42.6 Å². The van der Waals surface area contributed by atoms with Gasteiger partial charge in [0.15, 0.2) is 0 Å². The minimum absolute atomic E-state index is 0.206. The molecule has 0 N–H and O–H groups in total. The predicted molar refractivity (Wildman–Crippen MR) is 74.8 cm³/mol. The molecule has 0 atom stereocenters. The van der Waals surface area contributed by atoms with Crippen LogP contribution in [-0.2, 0) is 6.42 Å². The van der Waals surface area contributed by atoms with Crippen LogP contribution in [0.4, 0.5) is 0 Å². The van der Waals surface area contributed by atoms with Crippen LogP contribution in [0.2, 0.25) is 0 Å². The summed E-state index contributed by atoms with van der Waals surface area (Å²) in [5, 5.41) is 0. The highest BCUT2D eigenvalue weighted by Gasteiger charge is 2.01. The van der Waals surface area contributed by atoms with Gasteiger partial charge >= 0.3 is 0 Å². The van der Waals surface area contributed by atoms with Gasteiger partial charge in [-0.05, 0) is 56.2 Å². The zero-order valence-electron chi connectivity index (χ0n) is 11.2. The highest BCUT2D eigenvalue weighted by molar-refractivity contribution is 5.60. The first kappa shape index (κ1) is 12.6. The fourth-order valence-electron chi connectivity index (χ4n) is 1.78. The standard InChI is InChI=1S/C16H19NO/c1-4-13-5-10-16(17-11-13)14-6-8-15(9-7-14)18-12(2)3/h5-12H,4H2,1-3H3.